The van der Waals surface area contributed by atoms with E-state index in [9.17, 15) is 5.11 Å². The Morgan fingerprint density at radius 1 is 0.742 bits per heavy atom. The Kier molecular flexibility index (Phi) is 6.38. The molecule has 1 unspecified atom stereocenters. The fourth-order valence-electron chi connectivity index (χ4n) is 4.42. The number of aliphatic hydroxyl groups is 1. The van der Waals surface area contributed by atoms with Gasteiger partial charge in [0.25, 0.3) is 0 Å². The Labute approximate surface area is 187 Å². The molecule has 0 spiro atoms. The van der Waals surface area contributed by atoms with Gasteiger partial charge in [0.2, 0.25) is 0 Å². The van der Waals surface area contributed by atoms with Gasteiger partial charge in [0.1, 0.15) is 6.10 Å². The normalized spacial score (nSPS) is 19.8. The third-order valence-electron chi connectivity index (χ3n) is 6.02. The van der Waals surface area contributed by atoms with E-state index in [1.54, 1.807) is 0 Å². The highest BCUT2D eigenvalue weighted by atomic mass is 16.3. The van der Waals surface area contributed by atoms with Crippen molar-refractivity contribution in [2.45, 2.75) is 74.8 Å². The molecule has 0 amide bonds. The highest BCUT2D eigenvalue weighted by Crippen LogP contribution is 2.35. The van der Waals surface area contributed by atoms with Gasteiger partial charge in [-0.3, -0.25) is 4.99 Å². The van der Waals surface area contributed by atoms with E-state index >= 15 is 0 Å². The van der Waals surface area contributed by atoms with Crippen LogP contribution in [0.4, 0.5) is 11.4 Å². The fraction of sp³-hybridized carbons (Fsp3) is 0.429. The maximum absolute atomic E-state index is 11.3. The first-order valence-corrected chi connectivity index (χ1v) is 11.1. The molecule has 1 aliphatic carbocycles. The van der Waals surface area contributed by atoms with Crippen molar-refractivity contribution >= 4 is 22.8 Å². The molecule has 164 valence electrons. The zero-order chi connectivity index (χ0) is 23.1. The lowest BCUT2D eigenvalue weighted by molar-refractivity contribution is 0.301. The van der Waals surface area contributed by atoms with Crippen LogP contribution in [0.25, 0.3) is 0 Å². The minimum absolute atomic E-state index is 0.0313. The monoisotopic (exact) mass is 416 g/mol. The van der Waals surface area contributed by atoms with Crippen molar-refractivity contribution in [2.75, 3.05) is 0 Å². The number of allylic oxidation sites excluding steroid dienone is 1. The van der Waals surface area contributed by atoms with Crippen LogP contribution in [0.3, 0.4) is 0 Å². The number of benzene rings is 2. The Bertz CT molecular complexity index is 1060. The van der Waals surface area contributed by atoms with Crippen LogP contribution in [-0.2, 0) is 0 Å². The summed E-state index contributed by atoms with van der Waals surface area (Å²) in [6.45, 7) is 19.1. The number of hydrogen-bond acceptors (Lipinski definition) is 3. The quantitative estimate of drug-likeness (QED) is 0.556. The van der Waals surface area contributed by atoms with Crippen molar-refractivity contribution in [3.05, 3.63) is 69.3 Å². The zero-order valence-electron chi connectivity index (χ0n) is 20.5. The van der Waals surface area contributed by atoms with E-state index in [2.05, 4.69) is 92.7 Å². The molecule has 0 aliphatic heterocycles. The van der Waals surface area contributed by atoms with Gasteiger partial charge in [-0.2, -0.15) is 0 Å². The van der Waals surface area contributed by atoms with E-state index in [1.165, 1.54) is 16.7 Å². The van der Waals surface area contributed by atoms with Gasteiger partial charge >= 0.3 is 0 Å². The lowest BCUT2D eigenvalue weighted by Crippen LogP contribution is -2.35. The van der Waals surface area contributed by atoms with Crippen molar-refractivity contribution in [3.8, 4) is 0 Å². The van der Waals surface area contributed by atoms with Crippen molar-refractivity contribution in [1.82, 2.24) is 0 Å². The molecule has 1 N–H and O–H groups in total. The third-order valence-corrected chi connectivity index (χ3v) is 6.02. The minimum Gasteiger partial charge on any atom is -0.381 e. The first-order valence-electron chi connectivity index (χ1n) is 11.1. The van der Waals surface area contributed by atoms with Crippen LogP contribution in [-0.4, -0.2) is 22.6 Å². The molecular weight excluding hydrogens is 380 g/mol. The van der Waals surface area contributed by atoms with Gasteiger partial charge in [-0.25, -0.2) is 4.99 Å². The lowest BCUT2D eigenvalue weighted by atomic mass is 9.78. The van der Waals surface area contributed by atoms with E-state index < -0.39 is 6.10 Å². The SMILES string of the molecule is Cc1cc(C)c(N=C2C=C(C(C)(C)C)CC(=Nc3c(C)cc(C)cc3C)C2O)c(C)c1. The summed E-state index contributed by atoms with van der Waals surface area (Å²) >= 11 is 0. The molecular formula is C28H36N2O. The summed E-state index contributed by atoms with van der Waals surface area (Å²) in [7, 11) is 0. The average molecular weight is 417 g/mol. The van der Waals surface area contributed by atoms with Crippen LogP contribution in [0.1, 0.15) is 60.6 Å². The van der Waals surface area contributed by atoms with Crippen LogP contribution in [0.2, 0.25) is 0 Å². The van der Waals surface area contributed by atoms with Crippen molar-refractivity contribution in [2.24, 2.45) is 15.4 Å². The minimum atomic E-state index is -0.814. The molecule has 1 atom stereocenters. The molecule has 0 bridgehead atoms. The first kappa shape index (κ1) is 23.1. The van der Waals surface area contributed by atoms with Gasteiger partial charge in [0.15, 0.2) is 0 Å². The van der Waals surface area contributed by atoms with Crippen LogP contribution >= 0.6 is 0 Å². The third kappa shape index (κ3) is 5.04. The van der Waals surface area contributed by atoms with E-state index in [0.29, 0.717) is 12.1 Å². The van der Waals surface area contributed by atoms with Crippen molar-refractivity contribution < 1.29 is 5.11 Å². The maximum atomic E-state index is 11.3. The summed E-state index contributed by atoms with van der Waals surface area (Å²) in [5.74, 6) is 0. The number of aliphatic imine (C=N–C) groups is 2. The van der Waals surface area contributed by atoms with Crippen LogP contribution in [0.5, 0.6) is 0 Å². The highest BCUT2D eigenvalue weighted by molar-refractivity contribution is 6.19. The standard InChI is InChI=1S/C28H36N2O/c1-16-10-18(3)25(19(4)11-16)29-23-14-22(28(7,8)9)15-24(27(23)31)30-26-20(5)12-17(2)13-21(26)6/h10-14,27,31H,15H2,1-9H3. The molecule has 2 aromatic rings. The Morgan fingerprint density at radius 2 is 1.16 bits per heavy atom. The van der Waals surface area contributed by atoms with Crippen molar-refractivity contribution in [3.63, 3.8) is 0 Å². The molecule has 0 fully saturated rings. The summed E-state index contributed by atoms with van der Waals surface area (Å²) in [5.41, 5.74) is 11.5. The Morgan fingerprint density at radius 3 is 1.58 bits per heavy atom. The largest absolute Gasteiger partial charge is 0.381 e. The van der Waals surface area contributed by atoms with Crippen molar-refractivity contribution in [1.29, 1.82) is 0 Å². The molecule has 3 heteroatoms. The second-order valence-electron chi connectivity index (χ2n) is 10.1. The summed E-state index contributed by atoms with van der Waals surface area (Å²) in [5, 5.41) is 11.3. The molecule has 3 nitrogen and oxygen atoms in total. The number of hydrogen-bond donors (Lipinski definition) is 1. The number of nitrogens with zero attached hydrogens (tertiary/aromatic N) is 2. The number of rotatable bonds is 2. The van der Waals surface area contributed by atoms with E-state index in [4.69, 9.17) is 9.98 Å². The fourth-order valence-corrected chi connectivity index (χ4v) is 4.42. The molecule has 0 heterocycles. The Hall–Kier alpha value is -2.52. The highest BCUT2D eigenvalue weighted by Gasteiger charge is 2.30. The van der Waals surface area contributed by atoms with Gasteiger partial charge in [0.05, 0.1) is 22.8 Å². The molecule has 1 aliphatic rings. The van der Waals surface area contributed by atoms with E-state index in [0.717, 1.165) is 39.3 Å². The van der Waals surface area contributed by atoms with Crippen LogP contribution < -0.4 is 0 Å². The first-order chi connectivity index (χ1) is 14.4. The molecule has 0 radical (unpaired) electrons. The topological polar surface area (TPSA) is 45.0 Å². The predicted octanol–water partition coefficient (Wildman–Crippen LogP) is 7.12. The second-order valence-corrected chi connectivity index (χ2v) is 10.1. The van der Waals surface area contributed by atoms with Gasteiger partial charge in [-0.1, -0.05) is 61.7 Å². The summed E-state index contributed by atoms with van der Waals surface area (Å²) < 4.78 is 0. The van der Waals surface area contributed by atoms with Gasteiger partial charge in [-0.15, -0.1) is 0 Å². The zero-order valence-corrected chi connectivity index (χ0v) is 20.5. The number of aliphatic hydroxyl groups excluding tert-OH is 1. The summed E-state index contributed by atoms with van der Waals surface area (Å²) in [6.07, 6.45) is 1.92. The molecule has 0 saturated heterocycles. The van der Waals surface area contributed by atoms with Crippen LogP contribution in [0.15, 0.2) is 45.9 Å². The smallest absolute Gasteiger partial charge is 0.134 e. The second kappa shape index (κ2) is 8.55. The predicted molar refractivity (Wildman–Crippen MR) is 134 cm³/mol. The van der Waals surface area contributed by atoms with Gasteiger partial charge in [0, 0.05) is 6.42 Å². The van der Waals surface area contributed by atoms with Gasteiger partial charge < -0.3 is 5.11 Å². The molecule has 31 heavy (non-hydrogen) atoms. The molecule has 0 aromatic heterocycles. The molecule has 2 aromatic carbocycles. The van der Waals surface area contributed by atoms with E-state index in [-0.39, 0.29) is 5.41 Å². The summed E-state index contributed by atoms with van der Waals surface area (Å²) in [6, 6.07) is 8.58. The number of aryl methyl sites for hydroxylation is 6. The Balaban J connectivity index is 2.17. The maximum Gasteiger partial charge on any atom is 0.134 e. The molecule has 0 saturated carbocycles. The average Bonchev–Trinajstić information content (AvgIpc) is 2.62. The van der Waals surface area contributed by atoms with Crippen LogP contribution in [0, 0.1) is 47.0 Å². The van der Waals surface area contributed by atoms with E-state index in [1.807, 2.05) is 0 Å². The van der Waals surface area contributed by atoms with Gasteiger partial charge in [-0.05, 0) is 75.3 Å². The molecule has 3 rings (SSSR count). The summed E-state index contributed by atoms with van der Waals surface area (Å²) in [4.78, 5) is 9.96. The lowest BCUT2D eigenvalue weighted by Gasteiger charge is -2.30.